The zero-order valence-corrected chi connectivity index (χ0v) is 45.8. The predicted molar refractivity (Wildman–Crippen MR) is 290 cm³/mol. The fraction of sp³-hybridized carbons (Fsp3) is 0.549. The molecule has 20 N–H and O–H groups in total. The Morgan fingerprint density at radius 1 is 0.600 bits per heavy atom. The van der Waals surface area contributed by atoms with Crippen LogP contribution in [0.1, 0.15) is 90.6 Å². The first kappa shape index (κ1) is 65.8. The quantitative estimate of drug-likeness (QED) is 0.0152. The van der Waals surface area contributed by atoms with Gasteiger partial charge in [-0.1, -0.05) is 78.3 Å². The van der Waals surface area contributed by atoms with E-state index in [4.69, 9.17) is 22.9 Å². The van der Waals surface area contributed by atoms with E-state index in [1.165, 1.54) is 25.0 Å². The molecule has 80 heavy (non-hydrogen) atoms. The molecule has 9 amide bonds. The zero-order valence-electron chi connectivity index (χ0n) is 45.8. The van der Waals surface area contributed by atoms with Gasteiger partial charge in [-0.3, -0.25) is 48.1 Å². The monoisotopic (exact) mass is 1120 g/mol. The molecule has 0 spiro atoms. The Morgan fingerprint density at radius 3 is 1.52 bits per heavy atom. The maximum atomic E-state index is 14.6. The number of nitrogens with zero attached hydrogens (tertiary/aromatic N) is 3. The summed E-state index contributed by atoms with van der Waals surface area (Å²) in [5, 5.41) is 40.3. The standard InChI is InChI=1S/C51H79N17O12/c1-7-28(6)41(68-48(77)40(27(4)5)67-47(76)38(23-69)66-42(71)32(52)14-11-15-58-51(54)55)49(78)64-33(17-29-12-9-8-10-13-29)43(72)61-34(18-30-21-56-24-59-30)44(73)63-36(20-39(53)70)46(75)62-35(19-31-22-57-25-60-31)45(74)65-37(50(79)80)16-26(2)3/h8-10,12-13,21-22,24-28,32-38,40-41,69H,7,11,14-20,23,52H2,1-6H3,(H2,53,70)(H,56,59)(H,57,60)(H,61,72)(H,62,75)(H,63,73)(H,64,78)(H,65,74)(H,66,71)(H,67,76)(H,68,77)(H,79,80)(H4,54,55,58)/t28-,32-,33-,34-,35-,36-,37-,38-,40-,41-/m0/s1. The summed E-state index contributed by atoms with van der Waals surface area (Å²) in [5.74, 6) is -11.0. The third-order valence-electron chi connectivity index (χ3n) is 12.7. The van der Waals surface area contributed by atoms with E-state index in [0.717, 1.165) is 0 Å². The maximum absolute atomic E-state index is 14.6. The number of aliphatic imine (C=N–C) groups is 1. The SMILES string of the molecule is CC[C@H](C)[C@H](NC(=O)[C@@H](NC(=O)[C@H](CO)NC(=O)[C@@H](N)CCCN=C(N)N)C(C)C)C(=O)N[C@@H](Cc1ccccc1)C(=O)N[C@@H](Cc1cnc[nH]1)C(=O)N[C@@H](CC(N)=O)C(=O)N[C@@H](Cc1cnc[nH]1)C(=O)N[C@@H](CC(C)C)C(=O)O. The normalized spacial score (nSPS) is 14.9. The van der Waals surface area contributed by atoms with Crippen LogP contribution in [0, 0.1) is 17.8 Å². The average molecular weight is 1120 g/mol. The van der Waals surface area contributed by atoms with Gasteiger partial charge >= 0.3 is 5.97 Å². The highest BCUT2D eigenvalue weighted by Gasteiger charge is 2.37. The molecule has 29 heteroatoms. The number of imidazole rings is 2. The molecule has 1 aromatic carbocycles. The molecule has 0 saturated heterocycles. The van der Waals surface area contributed by atoms with Gasteiger partial charge in [0.2, 0.25) is 53.2 Å². The van der Waals surface area contributed by atoms with Crippen LogP contribution in [0.25, 0.3) is 0 Å². The van der Waals surface area contributed by atoms with Gasteiger partial charge in [0.15, 0.2) is 5.96 Å². The highest BCUT2D eigenvalue weighted by Crippen LogP contribution is 2.14. The minimum absolute atomic E-state index is 0.0565. The number of carboxylic acid groups (broad SMARTS) is 1. The molecule has 0 bridgehead atoms. The number of carbonyl (C=O) groups is 10. The number of guanidine groups is 1. The number of benzene rings is 1. The molecule has 3 rings (SSSR count). The van der Waals surface area contributed by atoms with Gasteiger partial charge in [0.1, 0.15) is 48.3 Å². The molecule has 10 atom stereocenters. The van der Waals surface area contributed by atoms with Crippen LogP contribution in [0.2, 0.25) is 0 Å². The number of aromatic nitrogens is 4. The second kappa shape index (κ2) is 33.1. The Balaban J connectivity index is 1.92. The highest BCUT2D eigenvalue weighted by molar-refractivity contribution is 5.99. The van der Waals surface area contributed by atoms with Crippen LogP contribution < -0.4 is 65.5 Å². The number of carboxylic acids is 1. The van der Waals surface area contributed by atoms with Gasteiger partial charge < -0.3 is 85.6 Å². The van der Waals surface area contributed by atoms with E-state index in [1.54, 1.807) is 71.9 Å². The number of nitrogens with one attached hydrogen (secondary N) is 10. The number of H-pyrrole nitrogens is 2. The van der Waals surface area contributed by atoms with E-state index in [9.17, 15) is 58.2 Å². The maximum Gasteiger partial charge on any atom is 0.326 e. The molecule has 0 saturated carbocycles. The van der Waals surface area contributed by atoms with E-state index >= 15 is 0 Å². The number of primary amides is 1. The molecule has 0 unspecified atom stereocenters. The van der Waals surface area contributed by atoms with E-state index in [2.05, 4.69) is 67.5 Å². The van der Waals surface area contributed by atoms with Gasteiger partial charge in [-0.2, -0.15) is 0 Å². The number of aliphatic hydroxyl groups is 1. The van der Waals surface area contributed by atoms with Crippen molar-refractivity contribution >= 4 is 65.1 Å². The first-order valence-corrected chi connectivity index (χ1v) is 26.2. The summed E-state index contributed by atoms with van der Waals surface area (Å²) in [7, 11) is 0. The third-order valence-corrected chi connectivity index (χ3v) is 12.7. The summed E-state index contributed by atoms with van der Waals surface area (Å²) in [6, 6.07) is -4.30. The molecule has 0 fully saturated rings. The fourth-order valence-electron chi connectivity index (χ4n) is 8.02. The minimum atomic E-state index is -1.76. The Kier molecular flexibility index (Phi) is 27.2. The minimum Gasteiger partial charge on any atom is -0.480 e. The van der Waals surface area contributed by atoms with Gasteiger partial charge in [0, 0.05) is 49.6 Å². The Labute approximate surface area is 462 Å². The molecule has 29 nitrogen and oxygen atoms in total. The van der Waals surface area contributed by atoms with Crippen molar-refractivity contribution in [2.24, 2.45) is 45.7 Å². The first-order chi connectivity index (χ1) is 37.8. The summed E-state index contributed by atoms with van der Waals surface area (Å²) in [5.41, 5.74) is 23.5. The molecule has 0 aliphatic rings. The molecular weight excluding hydrogens is 1040 g/mol. The Morgan fingerprint density at radius 2 is 1.06 bits per heavy atom. The van der Waals surface area contributed by atoms with Gasteiger partial charge in [0.05, 0.1) is 31.7 Å². The van der Waals surface area contributed by atoms with Crippen molar-refractivity contribution in [3.8, 4) is 0 Å². The fourth-order valence-corrected chi connectivity index (χ4v) is 8.02. The summed E-state index contributed by atoms with van der Waals surface area (Å²) < 4.78 is 0. The van der Waals surface area contributed by atoms with Gasteiger partial charge in [0.25, 0.3) is 0 Å². The van der Waals surface area contributed by atoms with Crippen molar-refractivity contribution in [1.82, 2.24) is 62.5 Å². The number of aliphatic carboxylic acids is 1. The van der Waals surface area contributed by atoms with E-state index in [-0.39, 0.29) is 50.5 Å². The van der Waals surface area contributed by atoms with E-state index < -0.39 is 138 Å². The lowest BCUT2D eigenvalue weighted by Crippen LogP contribution is -2.62. The second-order valence-corrected chi connectivity index (χ2v) is 20.1. The van der Waals surface area contributed by atoms with Crippen molar-refractivity contribution in [1.29, 1.82) is 0 Å². The lowest BCUT2D eigenvalue weighted by atomic mass is 9.95. The van der Waals surface area contributed by atoms with Crippen LogP contribution in [-0.2, 0) is 67.2 Å². The van der Waals surface area contributed by atoms with Crippen LogP contribution in [0.5, 0.6) is 0 Å². The van der Waals surface area contributed by atoms with Crippen LogP contribution in [0.4, 0.5) is 0 Å². The molecule has 2 aromatic heterocycles. The molecule has 440 valence electrons. The second-order valence-electron chi connectivity index (χ2n) is 20.1. The predicted octanol–water partition coefficient (Wildman–Crippen LogP) is -3.88. The number of aromatic amines is 2. The first-order valence-electron chi connectivity index (χ1n) is 26.2. The lowest BCUT2D eigenvalue weighted by molar-refractivity contribution is -0.143. The smallest absolute Gasteiger partial charge is 0.326 e. The largest absolute Gasteiger partial charge is 0.480 e. The van der Waals surface area contributed by atoms with Crippen LogP contribution in [0.3, 0.4) is 0 Å². The van der Waals surface area contributed by atoms with Crippen molar-refractivity contribution in [2.75, 3.05) is 13.2 Å². The Hall–Kier alpha value is -8.47. The molecule has 2 heterocycles. The van der Waals surface area contributed by atoms with Crippen LogP contribution in [0.15, 0.2) is 60.4 Å². The number of amides is 9. The summed E-state index contributed by atoms with van der Waals surface area (Å²) in [4.78, 5) is 154. The van der Waals surface area contributed by atoms with Crippen molar-refractivity contribution in [3.63, 3.8) is 0 Å². The highest BCUT2D eigenvalue weighted by atomic mass is 16.4. The third kappa shape index (κ3) is 22.5. The summed E-state index contributed by atoms with van der Waals surface area (Å²) >= 11 is 0. The van der Waals surface area contributed by atoms with Crippen molar-refractivity contribution in [2.45, 2.75) is 147 Å². The van der Waals surface area contributed by atoms with Gasteiger partial charge in [-0.15, -0.1) is 0 Å². The molecule has 0 aliphatic carbocycles. The van der Waals surface area contributed by atoms with Crippen molar-refractivity contribution < 1.29 is 58.2 Å². The molecular formula is C51H79N17O12. The van der Waals surface area contributed by atoms with E-state index in [1.807, 2.05) is 0 Å². The number of hydrogen-bond acceptors (Lipinski definition) is 15. The lowest BCUT2D eigenvalue weighted by Gasteiger charge is -2.30. The number of nitrogens with two attached hydrogens (primary N) is 4. The van der Waals surface area contributed by atoms with Crippen LogP contribution >= 0.6 is 0 Å². The van der Waals surface area contributed by atoms with E-state index in [0.29, 0.717) is 29.8 Å². The Bertz CT molecular complexity index is 2540. The van der Waals surface area contributed by atoms with Crippen LogP contribution in [-0.4, -0.2) is 163 Å². The summed E-state index contributed by atoms with van der Waals surface area (Å²) in [6.07, 6.45) is 4.81. The topological polar surface area (TPSA) is 481 Å². The van der Waals surface area contributed by atoms with Gasteiger partial charge in [-0.05, 0) is 42.6 Å². The number of carbonyl (C=O) groups excluding carboxylic acids is 9. The molecule has 0 radical (unpaired) electrons. The average Bonchev–Trinajstić information content (AvgIpc) is 4.15. The summed E-state index contributed by atoms with van der Waals surface area (Å²) in [6.45, 7) is 9.53. The molecule has 0 aliphatic heterocycles. The molecule has 3 aromatic rings. The zero-order chi connectivity index (χ0) is 59.6. The van der Waals surface area contributed by atoms with Crippen molar-refractivity contribution in [3.05, 3.63) is 72.3 Å². The number of hydrogen-bond donors (Lipinski definition) is 16. The number of aliphatic hydroxyl groups excluding tert-OH is 1. The van der Waals surface area contributed by atoms with Gasteiger partial charge in [-0.25, -0.2) is 14.8 Å². The number of rotatable bonds is 35.